The van der Waals surface area contributed by atoms with E-state index in [0.29, 0.717) is 18.9 Å². The van der Waals surface area contributed by atoms with Crippen molar-refractivity contribution in [1.82, 2.24) is 10.2 Å². The van der Waals surface area contributed by atoms with Gasteiger partial charge in [0.15, 0.2) is 0 Å². The molecule has 4 rings (SSSR count). The van der Waals surface area contributed by atoms with E-state index in [1.165, 1.54) is 4.88 Å². The van der Waals surface area contributed by atoms with Gasteiger partial charge in [0.05, 0.1) is 12.8 Å². The van der Waals surface area contributed by atoms with E-state index in [2.05, 4.69) is 27.7 Å². The normalized spacial score (nSPS) is 23.1. The molecule has 1 amide bonds. The summed E-state index contributed by atoms with van der Waals surface area (Å²) in [5.41, 5.74) is 0. The minimum Gasteiger partial charge on any atom is -0.475 e. The molecule has 2 aromatic heterocycles. The topological polar surface area (TPSA) is 82.8 Å². The average Bonchev–Trinajstić information content (AvgIpc) is 3.20. The molecule has 3 heterocycles. The van der Waals surface area contributed by atoms with Crippen LogP contribution in [0, 0.1) is 17.8 Å². The summed E-state index contributed by atoms with van der Waals surface area (Å²) in [5.74, 6) is 0.263. The maximum absolute atomic E-state index is 12.0. The largest absolute Gasteiger partial charge is 0.490 e. The smallest absolute Gasteiger partial charge is 0.475 e. The number of likely N-dealkylation sites (tertiary alicyclic amines) is 1. The lowest BCUT2D eigenvalue weighted by Crippen LogP contribution is -2.27. The van der Waals surface area contributed by atoms with Gasteiger partial charge in [0.2, 0.25) is 5.91 Å². The van der Waals surface area contributed by atoms with Gasteiger partial charge in [-0.25, -0.2) is 4.79 Å². The van der Waals surface area contributed by atoms with Gasteiger partial charge >= 0.3 is 12.1 Å². The standard InChI is InChI=1S/C17H20N2O2S.C2HF3O2/c20-17(18-8-12-3-1-5-21-12)7-14-15-10-19(11-16(14)15)9-13-4-2-6-22-13;3-2(4,5)1(6)7/h1-6,14-16H,7-11H2,(H,18,20);(H,6,7)/t14?,15-,16+;. The molecule has 1 unspecified atom stereocenters. The number of carboxylic acids is 1. The maximum Gasteiger partial charge on any atom is 0.490 e. The fourth-order valence-electron chi connectivity index (χ4n) is 3.68. The number of amides is 1. The van der Waals surface area contributed by atoms with Crippen LogP contribution in [0.15, 0.2) is 40.3 Å². The number of aliphatic carboxylic acids is 1. The van der Waals surface area contributed by atoms with E-state index >= 15 is 0 Å². The van der Waals surface area contributed by atoms with Crippen molar-refractivity contribution >= 4 is 23.2 Å². The van der Waals surface area contributed by atoms with Crippen LogP contribution < -0.4 is 5.32 Å². The van der Waals surface area contributed by atoms with E-state index in [0.717, 1.165) is 37.2 Å². The number of carbonyl (C=O) groups excluding carboxylic acids is 1. The number of thiophene rings is 1. The summed E-state index contributed by atoms with van der Waals surface area (Å²) in [6.07, 6.45) is -2.78. The minimum atomic E-state index is -5.08. The first-order valence-corrected chi connectivity index (χ1v) is 9.96. The monoisotopic (exact) mass is 430 g/mol. The van der Waals surface area contributed by atoms with E-state index in [1.807, 2.05) is 23.5 Å². The van der Waals surface area contributed by atoms with Gasteiger partial charge in [0.25, 0.3) is 0 Å². The van der Waals surface area contributed by atoms with Crippen LogP contribution in [-0.2, 0) is 22.7 Å². The predicted molar refractivity (Wildman–Crippen MR) is 98.9 cm³/mol. The van der Waals surface area contributed by atoms with Crippen molar-refractivity contribution in [2.45, 2.75) is 25.7 Å². The van der Waals surface area contributed by atoms with E-state index in [1.54, 1.807) is 6.26 Å². The Balaban J connectivity index is 0.000000298. The first-order chi connectivity index (χ1) is 13.7. The van der Waals surface area contributed by atoms with Crippen molar-refractivity contribution in [2.75, 3.05) is 13.1 Å². The molecular weight excluding hydrogens is 409 g/mol. The summed E-state index contributed by atoms with van der Waals surface area (Å²) in [5, 5.41) is 12.2. The molecule has 0 spiro atoms. The first-order valence-electron chi connectivity index (χ1n) is 9.08. The molecule has 1 saturated heterocycles. The summed E-state index contributed by atoms with van der Waals surface area (Å²) < 4.78 is 37.0. The number of fused-ring (bicyclic) bond motifs is 1. The van der Waals surface area contributed by atoms with Crippen LogP contribution in [0.25, 0.3) is 0 Å². The van der Waals surface area contributed by atoms with Crippen LogP contribution in [0.5, 0.6) is 0 Å². The zero-order valence-electron chi connectivity index (χ0n) is 15.4. The van der Waals surface area contributed by atoms with Gasteiger partial charge in [-0.15, -0.1) is 11.3 Å². The Hall–Kier alpha value is -2.33. The zero-order valence-corrected chi connectivity index (χ0v) is 16.2. The Morgan fingerprint density at radius 2 is 1.93 bits per heavy atom. The summed E-state index contributed by atoms with van der Waals surface area (Å²) in [4.78, 5) is 24.9. The van der Waals surface area contributed by atoms with Crippen LogP contribution in [0.1, 0.15) is 17.1 Å². The SMILES string of the molecule is O=C(CC1[C@H]2CN(Cc3cccs3)C[C@@H]12)NCc1ccco1.O=C(O)C(F)(F)F. The highest BCUT2D eigenvalue weighted by molar-refractivity contribution is 7.09. The van der Waals surface area contributed by atoms with Gasteiger partial charge in [-0.05, 0) is 41.3 Å². The molecule has 158 valence electrons. The molecule has 2 N–H and O–H groups in total. The number of nitrogens with one attached hydrogen (secondary N) is 1. The van der Waals surface area contributed by atoms with Crippen LogP contribution in [0.2, 0.25) is 0 Å². The van der Waals surface area contributed by atoms with E-state index in [4.69, 9.17) is 14.3 Å². The van der Waals surface area contributed by atoms with Gasteiger partial charge in [0.1, 0.15) is 5.76 Å². The van der Waals surface area contributed by atoms with E-state index < -0.39 is 12.1 Å². The Kier molecular flexibility index (Phi) is 6.63. The molecule has 2 aliphatic rings. The van der Waals surface area contributed by atoms with E-state index in [-0.39, 0.29) is 5.91 Å². The zero-order chi connectivity index (χ0) is 21.0. The lowest BCUT2D eigenvalue weighted by atomic mass is 10.2. The molecule has 2 fully saturated rings. The summed E-state index contributed by atoms with van der Waals surface area (Å²) in [7, 11) is 0. The second kappa shape index (κ2) is 9.00. The van der Waals surface area contributed by atoms with Gasteiger partial charge in [-0.2, -0.15) is 13.2 Å². The molecule has 1 aliphatic heterocycles. The van der Waals surface area contributed by atoms with Crippen LogP contribution in [-0.4, -0.2) is 41.1 Å². The van der Waals surface area contributed by atoms with Gasteiger partial charge in [0, 0.05) is 30.9 Å². The summed E-state index contributed by atoms with van der Waals surface area (Å²) in [6, 6.07) is 8.04. The average molecular weight is 430 g/mol. The van der Waals surface area contributed by atoms with Crippen molar-refractivity contribution in [3.8, 4) is 0 Å². The number of rotatable bonds is 6. The number of halogens is 3. The second-order valence-corrected chi connectivity index (χ2v) is 8.16. The number of hydrogen-bond acceptors (Lipinski definition) is 5. The first kappa shape index (κ1) is 21.4. The summed E-state index contributed by atoms with van der Waals surface area (Å²) in [6.45, 7) is 3.87. The number of piperidine rings is 1. The maximum atomic E-state index is 12.0. The highest BCUT2D eigenvalue weighted by atomic mass is 32.1. The number of alkyl halides is 3. The van der Waals surface area contributed by atoms with Crippen LogP contribution >= 0.6 is 11.3 Å². The van der Waals surface area contributed by atoms with Crippen molar-refractivity contribution < 1.29 is 32.3 Å². The number of nitrogens with zero attached hydrogens (tertiary/aromatic N) is 1. The lowest BCUT2D eigenvalue weighted by molar-refractivity contribution is -0.192. The molecule has 1 saturated carbocycles. The number of carboxylic acid groups (broad SMARTS) is 1. The molecular formula is C19H21F3N2O4S. The van der Waals surface area contributed by atoms with Crippen molar-refractivity contribution in [2.24, 2.45) is 17.8 Å². The van der Waals surface area contributed by atoms with E-state index in [9.17, 15) is 18.0 Å². The fraction of sp³-hybridized carbons (Fsp3) is 0.474. The molecule has 1 aliphatic carbocycles. The van der Waals surface area contributed by atoms with Crippen molar-refractivity contribution in [3.05, 3.63) is 46.5 Å². The Labute approximate surface area is 169 Å². The van der Waals surface area contributed by atoms with Gasteiger partial charge in [-0.3, -0.25) is 9.69 Å². The minimum absolute atomic E-state index is 0.153. The lowest BCUT2D eigenvalue weighted by Gasteiger charge is -2.18. The summed E-state index contributed by atoms with van der Waals surface area (Å²) >= 11 is 1.83. The molecule has 29 heavy (non-hydrogen) atoms. The highest BCUT2D eigenvalue weighted by Gasteiger charge is 2.55. The Morgan fingerprint density at radius 1 is 1.24 bits per heavy atom. The molecule has 0 radical (unpaired) electrons. The Morgan fingerprint density at radius 3 is 2.45 bits per heavy atom. The van der Waals surface area contributed by atoms with Crippen LogP contribution in [0.4, 0.5) is 13.2 Å². The molecule has 2 aromatic rings. The molecule has 6 nitrogen and oxygen atoms in total. The Bertz CT molecular complexity index is 796. The quantitative estimate of drug-likeness (QED) is 0.735. The van der Waals surface area contributed by atoms with Crippen molar-refractivity contribution in [3.63, 3.8) is 0 Å². The molecule has 3 atom stereocenters. The third-order valence-corrected chi connectivity index (χ3v) is 5.97. The van der Waals surface area contributed by atoms with Gasteiger partial charge < -0.3 is 14.8 Å². The fourth-order valence-corrected chi connectivity index (χ4v) is 4.42. The van der Waals surface area contributed by atoms with Crippen LogP contribution in [0.3, 0.4) is 0 Å². The number of hydrogen-bond donors (Lipinski definition) is 2. The molecule has 0 aromatic carbocycles. The molecule has 0 bridgehead atoms. The van der Waals surface area contributed by atoms with Gasteiger partial charge in [-0.1, -0.05) is 6.07 Å². The number of carbonyl (C=O) groups is 2. The third kappa shape index (κ3) is 6.07. The predicted octanol–water partition coefficient (Wildman–Crippen LogP) is 3.36. The number of furan rings is 1. The van der Waals surface area contributed by atoms with Crippen molar-refractivity contribution in [1.29, 1.82) is 0 Å². The second-order valence-electron chi connectivity index (χ2n) is 7.13. The molecule has 10 heteroatoms. The third-order valence-electron chi connectivity index (χ3n) is 5.11. The highest BCUT2D eigenvalue weighted by Crippen LogP contribution is 2.53.